The van der Waals surface area contributed by atoms with E-state index < -0.39 is 56.1 Å². The molecule has 0 bridgehead atoms. The number of halogens is 9. The Morgan fingerprint density at radius 3 is 2.13 bits per heavy atom. The molecule has 1 aliphatic heterocycles. The molecule has 1 N–H and O–H groups in total. The summed E-state index contributed by atoms with van der Waals surface area (Å²) in [6, 6.07) is 9.35. The molecule has 1 saturated heterocycles. The van der Waals surface area contributed by atoms with Crippen LogP contribution in [0.3, 0.4) is 0 Å². The zero-order valence-corrected chi connectivity index (χ0v) is 26.2. The molecule has 2 aliphatic rings. The minimum atomic E-state index is -6.37. The van der Waals surface area contributed by atoms with Crippen LogP contribution in [-0.4, -0.2) is 55.2 Å². The number of carbonyl (C=O) groups excluding carboxylic acids is 1. The van der Waals surface area contributed by atoms with Crippen molar-refractivity contribution in [3.63, 3.8) is 0 Å². The number of hydrogen-bond donors (Lipinski definition) is 1. The average molecular weight is 790 g/mol. The van der Waals surface area contributed by atoms with E-state index in [4.69, 9.17) is 11.6 Å². The smallest absolute Gasteiger partial charge is 0.435 e. The van der Waals surface area contributed by atoms with Gasteiger partial charge >= 0.3 is 24.0 Å². The van der Waals surface area contributed by atoms with Crippen LogP contribution in [0.1, 0.15) is 50.2 Å². The average Bonchev–Trinajstić information content (AvgIpc) is 3.37. The number of alkyl halides is 7. The Bertz CT molecular complexity index is 1800. The summed E-state index contributed by atoms with van der Waals surface area (Å²) in [7, 11) is -4.52. The number of carbonyl (C=O) groups is 2. The molecule has 1 amide bonds. The van der Waals surface area contributed by atoms with Gasteiger partial charge in [-0.15, -0.1) is 0 Å². The second-order valence-corrected chi connectivity index (χ2v) is 14.5. The molecule has 0 aromatic heterocycles. The molecule has 2 atom stereocenters. The highest BCUT2D eigenvalue weighted by Gasteiger charge is 2.73. The van der Waals surface area contributed by atoms with E-state index in [1.165, 1.54) is 41.3 Å². The maximum absolute atomic E-state index is 15.0. The molecule has 3 aromatic rings. The van der Waals surface area contributed by atoms with E-state index in [1.54, 1.807) is 0 Å². The first-order valence-electron chi connectivity index (χ1n) is 13.1. The Hall–Kier alpha value is -2.92. The van der Waals surface area contributed by atoms with Gasteiger partial charge in [-0.3, -0.25) is 4.79 Å². The number of carboxylic acids is 1. The minimum Gasteiger partial charge on any atom is -0.478 e. The number of amides is 1. The highest BCUT2D eigenvalue weighted by atomic mass is 127. The predicted molar refractivity (Wildman–Crippen MR) is 156 cm³/mol. The fourth-order valence-electron chi connectivity index (χ4n) is 6.29. The monoisotopic (exact) mass is 789 g/mol. The number of likely N-dealkylation sites (tertiary alicyclic amines) is 1. The number of sulfone groups is 1. The van der Waals surface area contributed by atoms with Gasteiger partial charge in [0.2, 0.25) is 0 Å². The molecule has 3 aromatic carbocycles. The Balaban J connectivity index is 1.70. The molecule has 0 radical (unpaired) electrons. The first kappa shape index (κ1) is 33.4. The standard InChI is InChI=1S/C29H20ClF7INO5S/c30-22-9-1-16(14-20(22)25(41)42)24(40)39-12-11-26(45(43,44)19-6-4-18(38)5-7-19)21-8-3-17(13-15(21)2-10-23(26)39)27(31,28(32,33)34)29(35,36)37/h1,3-9,13-14,23H,2,10-12H2,(H,41,42)/t23-,26-/m1/s1. The molecular formula is C29H20ClF7INO5S. The van der Waals surface area contributed by atoms with Crippen LogP contribution in [0.2, 0.25) is 5.02 Å². The number of nitrogens with zero attached hydrogens (tertiary/aromatic N) is 1. The summed E-state index contributed by atoms with van der Waals surface area (Å²) in [5.41, 5.74) is -8.35. The van der Waals surface area contributed by atoms with Crippen LogP contribution in [0, 0.1) is 3.57 Å². The second-order valence-electron chi connectivity index (χ2n) is 10.7. The van der Waals surface area contributed by atoms with Crippen LogP contribution in [0.5, 0.6) is 0 Å². The van der Waals surface area contributed by atoms with Crippen LogP contribution >= 0.6 is 34.2 Å². The summed E-state index contributed by atoms with van der Waals surface area (Å²) in [5, 5.41) is 9.30. The second kappa shape index (κ2) is 11.1. The zero-order chi connectivity index (χ0) is 33.3. The zero-order valence-electron chi connectivity index (χ0n) is 22.5. The lowest BCUT2D eigenvalue weighted by molar-refractivity contribution is -0.348. The van der Waals surface area contributed by atoms with Crippen molar-refractivity contribution < 1.29 is 53.8 Å². The normalized spacial score (nSPS) is 20.5. The van der Waals surface area contributed by atoms with E-state index in [0.29, 0.717) is 9.64 Å². The van der Waals surface area contributed by atoms with Gasteiger partial charge in [-0.25, -0.2) is 17.6 Å². The van der Waals surface area contributed by atoms with Gasteiger partial charge in [0.15, 0.2) is 9.84 Å². The quantitative estimate of drug-likeness (QED) is 0.214. The summed E-state index contributed by atoms with van der Waals surface area (Å²) in [5.74, 6) is -2.17. The SMILES string of the molecule is O=C(O)c1cc(C(=O)N2CC[C@@]3(S(=O)(=O)c4ccc(I)cc4)c4ccc(C(F)(C(F)(F)F)C(F)(F)F)cc4CC[C@@H]23)ccc1Cl. The molecule has 0 unspecified atom stereocenters. The van der Waals surface area contributed by atoms with E-state index in [1.807, 2.05) is 22.6 Å². The van der Waals surface area contributed by atoms with E-state index in [-0.39, 0.29) is 64.0 Å². The Labute approximate surface area is 270 Å². The molecule has 0 spiro atoms. The van der Waals surface area contributed by atoms with E-state index in [9.17, 15) is 49.5 Å². The minimum absolute atomic E-state index is 0.127. The number of aryl methyl sites for hydroxylation is 1. The van der Waals surface area contributed by atoms with E-state index >= 15 is 4.39 Å². The van der Waals surface area contributed by atoms with Gasteiger partial charge in [-0.2, -0.15) is 26.3 Å². The van der Waals surface area contributed by atoms with Gasteiger partial charge in [0.05, 0.1) is 21.5 Å². The van der Waals surface area contributed by atoms with Crippen LogP contribution in [0.4, 0.5) is 30.7 Å². The maximum atomic E-state index is 15.0. The Morgan fingerprint density at radius 2 is 1.56 bits per heavy atom. The number of fused-ring (bicyclic) bond motifs is 3. The topological polar surface area (TPSA) is 91.8 Å². The number of benzene rings is 3. The molecular weight excluding hydrogens is 770 g/mol. The highest BCUT2D eigenvalue weighted by Crippen LogP contribution is 2.56. The first-order valence-corrected chi connectivity index (χ1v) is 16.0. The first-order chi connectivity index (χ1) is 20.8. The van der Waals surface area contributed by atoms with Crippen molar-refractivity contribution in [1.82, 2.24) is 4.90 Å². The summed E-state index contributed by atoms with van der Waals surface area (Å²) < 4.78 is 124. The summed E-state index contributed by atoms with van der Waals surface area (Å²) in [6.07, 6.45) is -13.5. The molecule has 16 heteroatoms. The van der Waals surface area contributed by atoms with Crippen molar-refractivity contribution in [2.45, 2.75) is 53.0 Å². The third-order valence-corrected chi connectivity index (χ3v) is 12.0. The highest BCUT2D eigenvalue weighted by molar-refractivity contribution is 14.1. The van der Waals surface area contributed by atoms with Gasteiger partial charge in [-0.1, -0.05) is 29.8 Å². The van der Waals surface area contributed by atoms with Crippen molar-refractivity contribution in [2.24, 2.45) is 0 Å². The van der Waals surface area contributed by atoms with Crippen molar-refractivity contribution in [3.8, 4) is 0 Å². The molecule has 1 heterocycles. The third-order valence-electron chi connectivity index (χ3n) is 8.37. The Kier molecular flexibility index (Phi) is 8.25. The molecule has 45 heavy (non-hydrogen) atoms. The summed E-state index contributed by atoms with van der Waals surface area (Å²) in [4.78, 5) is 26.4. The molecule has 1 aliphatic carbocycles. The van der Waals surface area contributed by atoms with E-state index in [0.717, 1.165) is 12.1 Å². The fourth-order valence-corrected chi connectivity index (χ4v) is 9.21. The van der Waals surface area contributed by atoms with Crippen LogP contribution in [0.25, 0.3) is 0 Å². The molecule has 240 valence electrons. The van der Waals surface area contributed by atoms with Gasteiger partial charge < -0.3 is 10.0 Å². The number of carboxylic acid groups (broad SMARTS) is 1. The van der Waals surface area contributed by atoms with Crippen molar-refractivity contribution in [3.05, 3.63) is 97.1 Å². The van der Waals surface area contributed by atoms with Gasteiger partial charge in [0.1, 0.15) is 4.75 Å². The van der Waals surface area contributed by atoms with Crippen LogP contribution in [-0.2, 0) is 26.7 Å². The largest absolute Gasteiger partial charge is 0.478 e. The van der Waals surface area contributed by atoms with Gasteiger partial charge in [0, 0.05) is 21.2 Å². The van der Waals surface area contributed by atoms with Gasteiger partial charge in [-0.05, 0) is 95.4 Å². The maximum Gasteiger partial charge on any atom is 0.435 e. The van der Waals surface area contributed by atoms with Gasteiger partial charge in [0.25, 0.3) is 5.91 Å². The molecule has 1 fully saturated rings. The number of hydrogen-bond acceptors (Lipinski definition) is 4. The van der Waals surface area contributed by atoms with Crippen molar-refractivity contribution in [2.75, 3.05) is 6.54 Å². The number of aromatic carboxylic acids is 1. The lowest BCUT2D eigenvalue weighted by Crippen LogP contribution is -2.53. The predicted octanol–water partition coefficient (Wildman–Crippen LogP) is 7.46. The molecule has 0 saturated carbocycles. The van der Waals surface area contributed by atoms with Crippen LogP contribution in [0.15, 0.2) is 65.6 Å². The molecule has 6 nitrogen and oxygen atoms in total. The van der Waals surface area contributed by atoms with Crippen LogP contribution < -0.4 is 0 Å². The summed E-state index contributed by atoms with van der Waals surface area (Å²) in [6.45, 7) is -0.211. The lowest BCUT2D eigenvalue weighted by Gasteiger charge is -2.43. The van der Waals surface area contributed by atoms with E-state index in [2.05, 4.69) is 0 Å². The lowest BCUT2D eigenvalue weighted by atomic mass is 9.76. The number of rotatable bonds is 5. The Morgan fingerprint density at radius 1 is 0.933 bits per heavy atom. The molecule has 5 rings (SSSR count). The fraction of sp³-hybridized carbons (Fsp3) is 0.310. The third kappa shape index (κ3) is 5.08. The summed E-state index contributed by atoms with van der Waals surface area (Å²) >= 11 is 7.87. The van der Waals surface area contributed by atoms with Crippen molar-refractivity contribution >= 4 is 55.9 Å². The van der Waals surface area contributed by atoms with Crippen molar-refractivity contribution in [1.29, 1.82) is 0 Å².